The number of aliphatic hydroxyl groups is 1. The molecule has 0 spiro atoms. The number of alkyl halides is 1. The first kappa shape index (κ1) is 31.3. The van der Waals surface area contributed by atoms with E-state index in [1.807, 2.05) is 25.1 Å². The quantitative estimate of drug-likeness (QED) is 0.204. The van der Waals surface area contributed by atoms with E-state index in [9.17, 15) is 13.5 Å². The minimum absolute atomic E-state index is 0.00280. The number of aliphatic hydroxyl groups excluding tert-OH is 1. The van der Waals surface area contributed by atoms with Crippen LogP contribution in [0.5, 0.6) is 28.7 Å². The highest BCUT2D eigenvalue weighted by Gasteiger charge is 2.33. The summed E-state index contributed by atoms with van der Waals surface area (Å²) >= 11 is 3.40. The average molecular weight is 632 g/mol. The van der Waals surface area contributed by atoms with Gasteiger partial charge < -0.3 is 33.5 Å². The van der Waals surface area contributed by atoms with Gasteiger partial charge in [0, 0.05) is 5.33 Å². The summed E-state index contributed by atoms with van der Waals surface area (Å²) in [6, 6.07) is 7.14. The van der Waals surface area contributed by atoms with Crippen molar-refractivity contribution >= 4 is 25.8 Å². The second-order valence-electron chi connectivity index (χ2n) is 9.37. The van der Waals surface area contributed by atoms with E-state index >= 15 is 0 Å². The molecular weight excluding hydrogens is 592 g/mol. The van der Waals surface area contributed by atoms with Crippen LogP contribution < -0.4 is 23.7 Å². The Morgan fingerprint density at radius 1 is 0.923 bits per heavy atom. The lowest BCUT2D eigenvalue weighted by atomic mass is 10.0. The number of benzene rings is 2. The zero-order valence-electron chi connectivity index (χ0n) is 23.2. The Kier molecular flexibility index (Phi) is 11.6. The van der Waals surface area contributed by atoms with Crippen molar-refractivity contribution in [1.29, 1.82) is 0 Å². The fourth-order valence-corrected chi connectivity index (χ4v) is 6.33. The molecule has 0 radical (unpaired) electrons. The van der Waals surface area contributed by atoms with Crippen LogP contribution in [0.2, 0.25) is 0 Å². The predicted molar refractivity (Wildman–Crippen MR) is 152 cm³/mol. The molecular formula is C28H39BrO9S. The summed E-state index contributed by atoms with van der Waals surface area (Å²) in [5, 5.41) is 10.7. The van der Waals surface area contributed by atoms with Crippen LogP contribution in [0.3, 0.4) is 0 Å². The van der Waals surface area contributed by atoms with E-state index in [1.165, 1.54) is 6.92 Å². The molecule has 3 rings (SSSR count). The maximum absolute atomic E-state index is 13.4. The van der Waals surface area contributed by atoms with E-state index in [0.717, 1.165) is 17.3 Å². The lowest BCUT2D eigenvalue weighted by molar-refractivity contribution is 0.0435. The molecule has 3 atom stereocenters. The monoisotopic (exact) mass is 630 g/mol. The highest BCUT2D eigenvalue weighted by atomic mass is 79.9. The van der Waals surface area contributed by atoms with Gasteiger partial charge in [-0.3, -0.25) is 0 Å². The largest absolute Gasteiger partial charge is 0.493 e. The van der Waals surface area contributed by atoms with Gasteiger partial charge in [-0.05, 0) is 68.0 Å². The van der Waals surface area contributed by atoms with Crippen LogP contribution in [0.4, 0.5) is 0 Å². The smallest absolute Gasteiger partial charge is 0.203 e. The lowest BCUT2D eigenvalue weighted by Gasteiger charge is -2.21. The normalized spacial score (nSPS) is 18.0. The molecule has 1 unspecified atom stereocenters. The van der Waals surface area contributed by atoms with Crippen molar-refractivity contribution in [3.05, 3.63) is 35.4 Å². The number of methoxy groups -OCH3 is 3. The van der Waals surface area contributed by atoms with Crippen molar-refractivity contribution in [2.75, 3.05) is 45.6 Å². The molecule has 0 saturated carbocycles. The number of ether oxygens (including phenoxy) is 6. The summed E-state index contributed by atoms with van der Waals surface area (Å²) in [4.78, 5) is 0.00280. The fourth-order valence-electron chi connectivity index (χ4n) is 4.53. The third-order valence-corrected chi connectivity index (χ3v) is 8.73. The van der Waals surface area contributed by atoms with E-state index in [4.69, 9.17) is 28.4 Å². The van der Waals surface area contributed by atoms with Crippen LogP contribution in [-0.4, -0.2) is 65.3 Å². The molecule has 1 aliphatic rings. The molecule has 39 heavy (non-hydrogen) atoms. The summed E-state index contributed by atoms with van der Waals surface area (Å²) in [7, 11) is 0.795. The molecule has 9 nitrogen and oxygen atoms in total. The standard InChI is InChI=1S/C28H39BrO9S/c1-6-11-37-28-25(36-12-7-10-29)15-20(16-26(28)39(31,32)17-18(2)30)22-9-8-21(38-22)19-13-23(33-3)27(35-5)24(14-19)34-4/h13-16,18,21-22,30H,6-12,17H2,1-5H3/t18?,21-,22-/m1/s1. The van der Waals surface area contributed by atoms with Crippen LogP contribution in [0.15, 0.2) is 29.2 Å². The van der Waals surface area contributed by atoms with Gasteiger partial charge in [-0.2, -0.15) is 0 Å². The molecule has 2 aromatic carbocycles. The zero-order chi connectivity index (χ0) is 28.6. The van der Waals surface area contributed by atoms with Crippen molar-refractivity contribution in [1.82, 2.24) is 0 Å². The zero-order valence-corrected chi connectivity index (χ0v) is 25.6. The molecule has 2 aromatic rings. The Hall–Kier alpha value is -2.21. The molecule has 1 fully saturated rings. The first-order chi connectivity index (χ1) is 18.7. The summed E-state index contributed by atoms with van der Waals surface area (Å²) < 4.78 is 61.6. The van der Waals surface area contributed by atoms with E-state index in [2.05, 4.69) is 15.9 Å². The number of rotatable bonds is 15. The van der Waals surface area contributed by atoms with Gasteiger partial charge in [-0.25, -0.2) is 8.42 Å². The summed E-state index contributed by atoms with van der Waals surface area (Å²) in [5.74, 6) is 1.66. The van der Waals surface area contributed by atoms with Crippen molar-refractivity contribution in [3.8, 4) is 28.7 Å². The van der Waals surface area contributed by atoms with Gasteiger partial charge in [-0.15, -0.1) is 0 Å². The Labute approximate surface area is 239 Å². The van der Waals surface area contributed by atoms with E-state index < -0.39 is 21.7 Å². The van der Waals surface area contributed by atoms with Crippen LogP contribution in [0.25, 0.3) is 0 Å². The minimum Gasteiger partial charge on any atom is -0.493 e. The van der Waals surface area contributed by atoms with E-state index in [1.54, 1.807) is 27.4 Å². The Balaban J connectivity index is 2.03. The molecule has 0 bridgehead atoms. The Morgan fingerprint density at radius 3 is 2.03 bits per heavy atom. The van der Waals surface area contributed by atoms with Crippen molar-refractivity contribution in [2.24, 2.45) is 0 Å². The first-order valence-corrected chi connectivity index (χ1v) is 15.8. The number of sulfone groups is 1. The molecule has 0 aliphatic carbocycles. The van der Waals surface area contributed by atoms with Gasteiger partial charge in [0.15, 0.2) is 32.8 Å². The van der Waals surface area contributed by atoms with E-state index in [-0.39, 0.29) is 22.9 Å². The summed E-state index contributed by atoms with van der Waals surface area (Å²) in [6.45, 7) is 4.10. The molecule has 11 heteroatoms. The van der Waals surface area contributed by atoms with Gasteiger partial charge >= 0.3 is 0 Å². The van der Waals surface area contributed by atoms with Gasteiger partial charge in [0.25, 0.3) is 0 Å². The second kappa shape index (κ2) is 14.4. The average Bonchev–Trinajstić information content (AvgIpc) is 3.41. The first-order valence-electron chi connectivity index (χ1n) is 13.0. The van der Waals surface area contributed by atoms with E-state index in [0.29, 0.717) is 61.0 Å². The molecule has 1 N–H and O–H groups in total. The van der Waals surface area contributed by atoms with Crippen molar-refractivity contribution in [2.45, 2.75) is 62.7 Å². The third-order valence-electron chi connectivity index (χ3n) is 6.28. The molecule has 218 valence electrons. The SMILES string of the molecule is CCCOc1c(OCCCBr)cc([C@H]2CC[C@H](c3cc(OC)c(OC)c(OC)c3)O2)cc1S(=O)(=O)CC(C)O. The number of halogens is 1. The van der Waals surface area contributed by atoms with Crippen LogP contribution in [-0.2, 0) is 14.6 Å². The summed E-state index contributed by atoms with van der Waals surface area (Å²) in [5.41, 5.74) is 1.54. The molecule has 0 amide bonds. The van der Waals surface area contributed by atoms with Crippen LogP contribution >= 0.6 is 15.9 Å². The maximum Gasteiger partial charge on any atom is 0.203 e. The molecule has 1 heterocycles. The van der Waals surface area contributed by atoms with Gasteiger partial charge in [0.1, 0.15) is 4.90 Å². The topological polar surface area (TPSA) is 110 Å². The Morgan fingerprint density at radius 2 is 1.51 bits per heavy atom. The molecule has 1 saturated heterocycles. The number of hydrogen-bond acceptors (Lipinski definition) is 9. The Bertz CT molecular complexity index is 1170. The predicted octanol–water partition coefficient (Wildman–Crippen LogP) is 5.41. The van der Waals surface area contributed by atoms with Gasteiger partial charge in [0.05, 0.1) is 58.6 Å². The van der Waals surface area contributed by atoms with Crippen molar-refractivity contribution < 1.29 is 41.9 Å². The second-order valence-corrected chi connectivity index (χ2v) is 12.2. The van der Waals surface area contributed by atoms with Crippen LogP contribution in [0, 0.1) is 0 Å². The van der Waals surface area contributed by atoms with Crippen molar-refractivity contribution in [3.63, 3.8) is 0 Å². The highest BCUT2D eigenvalue weighted by Crippen LogP contribution is 2.48. The molecule has 0 aromatic heterocycles. The number of hydrogen-bond donors (Lipinski definition) is 1. The van der Waals surface area contributed by atoms with Gasteiger partial charge in [-0.1, -0.05) is 22.9 Å². The lowest BCUT2D eigenvalue weighted by Crippen LogP contribution is -2.19. The third kappa shape index (κ3) is 7.71. The minimum atomic E-state index is -3.88. The van der Waals surface area contributed by atoms with Crippen LogP contribution in [0.1, 0.15) is 62.9 Å². The highest BCUT2D eigenvalue weighted by molar-refractivity contribution is 9.09. The maximum atomic E-state index is 13.4. The summed E-state index contributed by atoms with van der Waals surface area (Å²) in [6.07, 6.45) is 1.10. The molecule has 1 aliphatic heterocycles. The van der Waals surface area contributed by atoms with Gasteiger partial charge in [0.2, 0.25) is 5.75 Å². The fraction of sp³-hybridized carbons (Fsp3) is 0.571.